The van der Waals surface area contributed by atoms with Crippen LogP contribution in [0.2, 0.25) is 18.1 Å². The van der Waals surface area contributed by atoms with E-state index in [-0.39, 0.29) is 22.5 Å². The Balaban J connectivity index is 1.77. The summed E-state index contributed by atoms with van der Waals surface area (Å²) in [5.41, 5.74) is 3.70. The van der Waals surface area contributed by atoms with Gasteiger partial charge in [-0.1, -0.05) is 67.4 Å². The van der Waals surface area contributed by atoms with Crippen molar-refractivity contribution in [3.05, 3.63) is 63.2 Å². The lowest BCUT2D eigenvalue weighted by Crippen LogP contribution is -2.44. The lowest BCUT2D eigenvalue weighted by molar-refractivity contribution is -0.140. The van der Waals surface area contributed by atoms with E-state index in [0.29, 0.717) is 5.56 Å². The molecular formula is C33H45F4NO2Si. The lowest BCUT2D eigenvalue weighted by atomic mass is 9.70. The molecular weight excluding hydrogens is 546 g/mol. The number of benzene rings is 1. The van der Waals surface area contributed by atoms with Gasteiger partial charge < -0.3 is 9.16 Å². The van der Waals surface area contributed by atoms with Crippen molar-refractivity contribution >= 4 is 8.32 Å². The first-order chi connectivity index (χ1) is 18.8. The third-order valence-electron chi connectivity index (χ3n) is 9.95. The molecule has 2 heterocycles. The highest BCUT2D eigenvalue weighted by Gasteiger charge is 2.54. The van der Waals surface area contributed by atoms with Gasteiger partial charge in [-0.2, -0.15) is 13.2 Å². The minimum atomic E-state index is -4.76. The van der Waals surface area contributed by atoms with Crippen molar-refractivity contribution < 1.29 is 26.7 Å². The van der Waals surface area contributed by atoms with Gasteiger partial charge in [-0.15, -0.1) is 0 Å². The van der Waals surface area contributed by atoms with Crippen LogP contribution in [0.5, 0.6) is 0 Å². The third-order valence-corrected chi connectivity index (χ3v) is 14.4. The smallest absolute Gasteiger partial charge is 0.410 e. The second kappa shape index (κ2) is 9.88. The van der Waals surface area contributed by atoms with Crippen molar-refractivity contribution in [1.29, 1.82) is 0 Å². The van der Waals surface area contributed by atoms with E-state index in [4.69, 9.17) is 14.1 Å². The van der Waals surface area contributed by atoms with Crippen LogP contribution in [0, 0.1) is 11.2 Å². The number of rotatable bonds is 4. The fraction of sp³-hybridized carbons (Fsp3) is 0.667. The summed E-state index contributed by atoms with van der Waals surface area (Å²) in [5, 5.41) is 0.0189. The molecule has 2 atom stereocenters. The number of ether oxygens (including phenoxy) is 1. The first kappa shape index (κ1) is 30.7. The molecule has 41 heavy (non-hydrogen) atoms. The number of fused-ring (bicyclic) bond motifs is 4. The molecule has 2 unspecified atom stereocenters. The zero-order valence-electron chi connectivity index (χ0n) is 26.0. The Morgan fingerprint density at radius 1 is 1.05 bits per heavy atom. The van der Waals surface area contributed by atoms with Crippen molar-refractivity contribution in [3.8, 4) is 0 Å². The molecule has 8 heteroatoms. The molecule has 0 saturated heterocycles. The fourth-order valence-corrected chi connectivity index (χ4v) is 8.21. The highest BCUT2D eigenvalue weighted by atomic mass is 28.4. The maximum absolute atomic E-state index is 14.9. The normalized spacial score (nSPS) is 23.8. The third kappa shape index (κ3) is 5.31. The molecule has 1 spiro atoms. The summed E-state index contributed by atoms with van der Waals surface area (Å²) >= 11 is 0. The van der Waals surface area contributed by atoms with E-state index in [0.717, 1.165) is 78.7 Å². The average molecular weight is 592 g/mol. The van der Waals surface area contributed by atoms with Gasteiger partial charge in [0, 0.05) is 22.5 Å². The Morgan fingerprint density at radius 3 is 2.22 bits per heavy atom. The van der Waals surface area contributed by atoms with E-state index in [9.17, 15) is 17.6 Å². The van der Waals surface area contributed by atoms with E-state index in [1.54, 1.807) is 0 Å². The Labute approximate surface area is 243 Å². The number of aromatic nitrogens is 1. The summed E-state index contributed by atoms with van der Waals surface area (Å²) < 4.78 is 69.4. The first-order valence-corrected chi connectivity index (χ1v) is 18.0. The number of hydrogen-bond donors (Lipinski definition) is 0. The summed E-state index contributed by atoms with van der Waals surface area (Å²) in [6.45, 7) is 20.0. The van der Waals surface area contributed by atoms with Gasteiger partial charge in [0.25, 0.3) is 0 Å². The average Bonchev–Trinajstić information content (AvgIpc) is 3.41. The van der Waals surface area contributed by atoms with Crippen LogP contribution in [0.4, 0.5) is 17.6 Å². The molecule has 1 aromatic carbocycles. The van der Waals surface area contributed by atoms with Gasteiger partial charge >= 0.3 is 6.18 Å². The first-order valence-electron chi connectivity index (χ1n) is 15.1. The van der Waals surface area contributed by atoms with Crippen molar-refractivity contribution in [1.82, 2.24) is 4.98 Å². The van der Waals surface area contributed by atoms with Crippen LogP contribution in [0.1, 0.15) is 138 Å². The number of alkyl halides is 3. The van der Waals surface area contributed by atoms with Crippen molar-refractivity contribution in [3.63, 3.8) is 0 Å². The van der Waals surface area contributed by atoms with Crippen LogP contribution in [-0.2, 0) is 27.4 Å². The van der Waals surface area contributed by atoms with Crippen LogP contribution < -0.4 is 0 Å². The zero-order valence-corrected chi connectivity index (χ0v) is 27.0. The van der Waals surface area contributed by atoms with Crippen molar-refractivity contribution in [2.75, 3.05) is 0 Å². The fourth-order valence-electron chi connectivity index (χ4n) is 6.94. The predicted octanol–water partition coefficient (Wildman–Crippen LogP) is 10.3. The molecule has 1 aromatic heterocycles. The Bertz CT molecular complexity index is 1340. The summed E-state index contributed by atoms with van der Waals surface area (Å²) in [6, 6.07) is 3.24. The lowest BCUT2D eigenvalue weighted by Gasteiger charge is -2.45. The minimum absolute atomic E-state index is 0.00618. The predicted molar refractivity (Wildman–Crippen MR) is 156 cm³/mol. The second-order valence-electron chi connectivity index (χ2n) is 15.1. The Hall–Kier alpha value is -1.77. The van der Waals surface area contributed by atoms with E-state index in [1.165, 1.54) is 6.07 Å². The maximum atomic E-state index is 14.9. The monoisotopic (exact) mass is 591 g/mol. The van der Waals surface area contributed by atoms with E-state index in [1.807, 2.05) is 0 Å². The summed E-state index contributed by atoms with van der Waals surface area (Å²) in [4.78, 5) is 5.31. The molecule has 2 aromatic rings. The van der Waals surface area contributed by atoms with Gasteiger partial charge in [0.15, 0.2) is 8.32 Å². The summed E-state index contributed by atoms with van der Waals surface area (Å²) in [5.74, 6) is -1.22. The highest BCUT2D eigenvalue weighted by Crippen LogP contribution is 2.60. The second-order valence-corrected chi connectivity index (χ2v) is 19.9. The number of hydrogen-bond acceptors (Lipinski definition) is 3. The van der Waals surface area contributed by atoms with Crippen LogP contribution in [0.25, 0.3) is 0 Å². The Kier molecular flexibility index (Phi) is 7.39. The maximum Gasteiger partial charge on any atom is 0.419 e. The molecule has 2 aliphatic carbocycles. The van der Waals surface area contributed by atoms with Gasteiger partial charge in [-0.25, -0.2) is 4.39 Å². The summed E-state index contributed by atoms with van der Waals surface area (Å²) in [7, 11) is -2.18. The molecule has 3 aliphatic rings. The van der Waals surface area contributed by atoms with Crippen LogP contribution in [0.3, 0.4) is 0 Å². The molecule has 5 rings (SSSR count). The summed E-state index contributed by atoms with van der Waals surface area (Å²) in [6.07, 6.45) is -0.260. The topological polar surface area (TPSA) is 31.4 Å². The molecule has 1 fully saturated rings. The van der Waals surface area contributed by atoms with E-state index in [2.05, 4.69) is 61.6 Å². The number of halogens is 4. The van der Waals surface area contributed by atoms with E-state index >= 15 is 0 Å². The molecule has 1 aliphatic heterocycles. The van der Waals surface area contributed by atoms with Crippen LogP contribution >= 0.6 is 0 Å². The van der Waals surface area contributed by atoms with Gasteiger partial charge in [-0.3, -0.25) is 4.98 Å². The van der Waals surface area contributed by atoms with Crippen molar-refractivity contribution in [2.45, 2.75) is 135 Å². The number of pyridine rings is 1. The minimum Gasteiger partial charge on any atom is -0.410 e. The van der Waals surface area contributed by atoms with Gasteiger partial charge in [0.1, 0.15) is 11.9 Å². The zero-order chi connectivity index (χ0) is 30.3. The van der Waals surface area contributed by atoms with Gasteiger partial charge in [0.05, 0.1) is 17.3 Å². The molecule has 0 amide bonds. The van der Waals surface area contributed by atoms with Crippen molar-refractivity contribution in [2.24, 2.45) is 5.41 Å². The molecule has 3 nitrogen and oxygen atoms in total. The van der Waals surface area contributed by atoms with Gasteiger partial charge in [0.2, 0.25) is 0 Å². The van der Waals surface area contributed by atoms with Crippen LogP contribution in [0.15, 0.2) is 18.2 Å². The van der Waals surface area contributed by atoms with E-state index < -0.39 is 37.6 Å². The molecule has 1 saturated carbocycles. The molecule has 226 valence electrons. The Morgan fingerprint density at radius 2 is 1.68 bits per heavy atom. The van der Waals surface area contributed by atoms with Crippen LogP contribution in [-0.4, -0.2) is 13.3 Å². The molecule has 0 radical (unpaired) electrons. The SMILES string of the molecule is CC(C)c1nc2c(c3c1C(c1ccc(C(F)(F)F)c(F)c1)OC31CCCC1)C(O[Si](C)(C)C(C)(C)C)CC(C)(C)C2. The van der Waals surface area contributed by atoms with Gasteiger partial charge in [-0.05, 0) is 78.4 Å². The highest BCUT2D eigenvalue weighted by molar-refractivity contribution is 6.74. The largest absolute Gasteiger partial charge is 0.419 e. The molecule has 0 N–H and O–H groups in total. The molecule has 0 bridgehead atoms. The number of nitrogens with zero attached hydrogens (tertiary/aromatic N) is 1. The standard InChI is InChI=1S/C33H45F4NO2Si/c1-19(2)28-26-27(25-23(38-28)17-31(6,7)18-24(25)40-41(8,9)30(3,4)5)32(14-10-11-15-32)39-29(26)20-12-13-21(22(34)16-20)33(35,36)37/h12-13,16,19,24,29H,10-11,14-15,17-18H2,1-9H3. The quantitative estimate of drug-likeness (QED) is 0.262.